The van der Waals surface area contributed by atoms with Crippen molar-refractivity contribution in [1.29, 1.82) is 0 Å². The Morgan fingerprint density at radius 2 is 1.90 bits per heavy atom. The van der Waals surface area contributed by atoms with E-state index in [2.05, 4.69) is 30.1 Å². The normalized spacial score (nSPS) is 12.2. The van der Waals surface area contributed by atoms with Crippen molar-refractivity contribution in [3.63, 3.8) is 0 Å². The van der Waals surface area contributed by atoms with Crippen molar-refractivity contribution in [2.45, 2.75) is 39.8 Å². The smallest absolute Gasteiger partial charge is 0.328 e. The number of nitrogens with zero attached hydrogens (tertiary/aromatic N) is 1. The molecule has 0 aliphatic heterocycles. The molecule has 0 saturated carbocycles. The van der Waals surface area contributed by atoms with Crippen molar-refractivity contribution in [1.82, 2.24) is 4.90 Å². The minimum Gasteiger partial charge on any atom is -0.467 e. The Bertz CT molecular complexity index is 417. The Kier molecular flexibility index (Phi) is 7.09. The van der Waals surface area contributed by atoms with E-state index in [1.54, 1.807) is 0 Å². The van der Waals surface area contributed by atoms with Crippen LogP contribution in [0, 0.1) is 0 Å². The number of hydrogen-bond acceptors (Lipinski definition) is 4. The molecule has 0 fully saturated rings. The lowest BCUT2D eigenvalue weighted by Crippen LogP contribution is -2.31. The number of ether oxygens (including phenoxy) is 1. The summed E-state index contributed by atoms with van der Waals surface area (Å²) in [6.45, 7) is 9.19. The van der Waals surface area contributed by atoms with E-state index in [1.165, 1.54) is 12.7 Å². The molecule has 0 aliphatic carbocycles. The average Bonchev–Trinajstić information content (AvgIpc) is 2.50. The molecule has 0 radical (unpaired) electrons. The second kappa shape index (κ2) is 8.59. The van der Waals surface area contributed by atoms with Crippen LogP contribution in [0.2, 0.25) is 0 Å². The van der Waals surface area contributed by atoms with Crippen LogP contribution < -0.4 is 5.32 Å². The number of nitrogens with one attached hydrogen (secondary N) is 1. The van der Waals surface area contributed by atoms with Gasteiger partial charge >= 0.3 is 5.97 Å². The van der Waals surface area contributed by atoms with Crippen LogP contribution >= 0.6 is 0 Å². The van der Waals surface area contributed by atoms with Gasteiger partial charge in [0.15, 0.2) is 0 Å². The van der Waals surface area contributed by atoms with Gasteiger partial charge in [-0.3, -0.25) is 4.90 Å². The number of para-hydroxylation sites is 1. The largest absolute Gasteiger partial charge is 0.467 e. The van der Waals surface area contributed by atoms with E-state index in [1.807, 2.05) is 25.1 Å². The highest BCUT2D eigenvalue weighted by Gasteiger charge is 2.18. The Hall–Kier alpha value is -1.55. The van der Waals surface area contributed by atoms with Crippen LogP contribution in [0.3, 0.4) is 0 Å². The van der Waals surface area contributed by atoms with Crippen LogP contribution in [0.25, 0.3) is 0 Å². The van der Waals surface area contributed by atoms with E-state index in [0.29, 0.717) is 6.42 Å². The van der Waals surface area contributed by atoms with Gasteiger partial charge in [0, 0.05) is 12.2 Å². The van der Waals surface area contributed by atoms with Gasteiger partial charge in [-0.25, -0.2) is 4.79 Å². The van der Waals surface area contributed by atoms with Gasteiger partial charge in [-0.15, -0.1) is 0 Å². The second-order valence-corrected chi connectivity index (χ2v) is 4.75. The summed E-state index contributed by atoms with van der Waals surface area (Å²) in [5.74, 6) is -0.217. The third kappa shape index (κ3) is 4.53. The Morgan fingerprint density at radius 3 is 2.45 bits per heavy atom. The number of hydrogen-bond donors (Lipinski definition) is 1. The van der Waals surface area contributed by atoms with Crippen molar-refractivity contribution in [2.75, 3.05) is 25.5 Å². The van der Waals surface area contributed by atoms with Crippen LogP contribution in [0.15, 0.2) is 24.3 Å². The average molecular weight is 278 g/mol. The van der Waals surface area contributed by atoms with Gasteiger partial charge in [0.25, 0.3) is 0 Å². The molecule has 1 unspecified atom stereocenters. The topological polar surface area (TPSA) is 41.6 Å². The Morgan fingerprint density at radius 1 is 1.25 bits per heavy atom. The number of carbonyl (C=O) groups excluding carboxylic acids is 1. The van der Waals surface area contributed by atoms with Gasteiger partial charge in [0.1, 0.15) is 6.04 Å². The molecule has 0 heterocycles. The zero-order chi connectivity index (χ0) is 15.0. The first-order valence-electron chi connectivity index (χ1n) is 7.30. The molecule has 0 amide bonds. The van der Waals surface area contributed by atoms with Crippen molar-refractivity contribution in [3.8, 4) is 0 Å². The van der Waals surface area contributed by atoms with Gasteiger partial charge in [-0.05, 0) is 31.1 Å². The monoisotopic (exact) mass is 278 g/mol. The molecule has 112 valence electrons. The second-order valence-electron chi connectivity index (χ2n) is 4.75. The summed E-state index contributed by atoms with van der Waals surface area (Å²) in [6, 6.07) is 7.84. The van der Waals surface area contributed by atoms with Gasteiger partial charge in [-0.1, -0.05) is 39.0 Å². The molecular formula is C16H26N2O2. The number of benzene rings is 1. The van der Waals surface area contributed by atoms with E-state index in [-0.39, 0.29) is 12.0 Å². The number of anilines is 1. The molecule has 1 rings (SSSR count). The fourth-order valence-corrected chi connectivity index (χ4v) is 2.14. The molecule has 1 atom stereocenters. The van der Waals surface area contributed by atoms with E-state index in [9.17, 15) is 4.79 Å². The van der Waals surface area contributed by atoms with Crippen molar-refractivity contribution < 1.29 is 9.53 Å². The molecule has 0 spiro atoms. The summed E-state index contributed by atoms with van der Waals surface area (Å²) in [7, 11) is 1.43. The van der Waals surface area contributed by atoms with Crippen molar-refractivity contribution >= 4 is 11.7 Å². The maximum absolute atomic E-state index is 11.7. The molecule has 1 aromatic rings. The Labute approximate surface area is 122 Å². The molecule has 1 N–H and O–H groups in total. The number of esters is 1. The summed E-state index contributed by atoms with van der Waals surface area (Å²) >= 11 is 0. The standard InChI is InChI=1S/C16H26N2O2/c1-5-14(16(19)20-4)17-15-11-9-8-10-13(15)12-18(6-2)7-3/h8-11,14,17H,5-7,12H2,1-4H3. The number of carbonyl (C=O) groups is 1. The first-order valence-corrected chi connectivity index (χ1v) is 7.30. The lowest BCUT2D eigenvalue weighted by atomic mass is 10.1. The highest BCUT2D eigenvalue weighted by Crippen LogP contribution is 2.19. The maximum atomic E-state index is 11.7. The van der Waals surface area contributed by atoms with Crippen LogP contribution in [0.1, 0.15) is 32.8 Å². The number of methoxy groups -OCH3 is 1. The minimum absolute atomic E-state index is 0.217. The molecule has 0 bridgehead atoms. The minimum atomic E-state index is -0.294. The predicted octanol–water partition coefficient (Wildman–Crippen LogP) is 2.89. The molecule has 20 heavy (non-hydrogen) atoms. The molecule has 4 nitrogen and oxygen atoms in total. The van der Waals surface area contributed by atoms with E-state index >= 15 is 0 Å². The lowest BCUT2D eigenvalue weighted by Gasteiger charge is -2.22. The first kappa shape index (κ1) is 16.5. The summed E-state index contributed by atoms with van der Waals surface area (Å²) < 4.78 is 4.83. The summed E-state index contributed by atoms with van der Waals surface area (Å²) in [5.41, 5.74) is 2.22. The zero-order valence-corrected chi connectivity index (χ0v) is 13.0. The van der Waals surface area contributed by atoms with Crippen LogP contribution in [-0.4, -0.2) is 37.1 Å². The summed E-state index contributed by atoms with van der Waals surface area (Å²) in [5, 5.41) is 3.30. The van der Waals surface area contributed by atoms with Crippen molar-refractivity contribution in [2.24, 2.45) is 0 Å². The first-order chi connectivity index (χ1) is 9.65. The third-order valence-corrected chi connectivity index (χ3v) is 3.53. The molecule has 4 heteroatoms. The number of rotatable bonds is 8. The third-order valence-electron chi connectivity index (χ3n) is 3.53. The van der Waals surface area contributed by atoms with E-state index in [0.717, 1.165) is 25.3 Å². The van der Waals surface area contributed by atoms with E-state index < -0.39 is 0 Å². The quantitative estimate of drug-likeness (QED) is 0.742. The molecule has 0 saturated heterocycles. The maximum Gasteiger partial charge on any atom is 0.328 e. The lowest BCUT2D eigenvalue weighted by molar-refractivity contribution is -0.141. The molecule has 0 aromatic heterocycles. The van der Waals surface area contributed by atoms with Gasteiger partial charge in [-0.2, -0.15) is 0 Å². The fourth-order valence-electron chi connectivity index (χ4n) is 2.14. The van der Waals surface area contributed by atoms with Crippen LogP contribution in [0.5, 0.6) is 0 Å². The highest BCUT2D eigenvalue weighted by atomic mass is 16.5. The summed E-state index contributed by atoms with van der Waals surface area (Å²) in [4.78, 5) is 14.0. The van der Waals surface area contributed by atoms with Crippen molar-refractivity contribution in [3.05, 3.63) is 29.8 Å². The van der Waals surface area contributed by atoms with Gasteiger partial charge < -0.3 is 10.1 Å². The molecular weight excluding hydrogens is 252 g/mol. The fraction of sp³-hybridized carbons (Fsp3) is 0.562. The highest BCUT2D eigenvalue weighted by molar-refractivity contribution is 5.79. The van der Waals surface area contributed by atoms with Gasteiger partial charge in [0.2, 0.25) is 0 Å². The van der Waals surface area contributed by atoms with E-state index in [4.69, 9.17) is 4.74 Å². The van der Waals surface area contributed by atoms with Gasteiger partial charge in [0.05, 0.1) is 7.11 Å². The van der Waals surface area contributed by atoms with Crippen LogP contribution in [-0.2, 0) is 16.1 Å². The SMILES string of the molecule is CCC(Nc1ccccc1CN(CC)CC)C(=O)OC. The molecule has 1 aromatic carbocycles. The Balaban J connectivity index is 2.86. The zero-order valence-electron chi connectivity index (χ0n) is 13.0. The van der Waals surface area contributed by atoms with Crippen LogP contribution in [0.4, 0.5) is 5.69 Å². The summed E-state index contributed by atoms with van der Waals surface area (Å²) in [6.07, 6.45) is 0.701. The molecule has 0 aliphatic rings. The predicted molar refractivity (Wildman–Crippen MR) is 82.8 cm³/mol.